The van der Waals surface area contributed by atoms with Crippen molar-refractivity contribution < 1.29 is 27.9 Å². The smallest absolute Gasteiger partial charge is 0.238 e. The van der Waals surface area contributed by atoms with Crippen LogP contribution in [0.25, 0.3) is 0 Å². The highest BCUT2D eigenvalue weighted by Gasteiger charge is 2.13. The van der Waals surface area contributed by atoms with Gasteiger partial charge >= 0.3 is 0 Å². The molecule has 0 aliphatic rings. The summed E-state index contributed by atoms with van der Waals surface area (Å²) in [5.74, 6) is 1.84. The second-order valence-corrected chi connectivity index (χ2v) is 7.32. The predicted octanol–water partition coefficient (Wildman–Crippen LogP) is 0.666. The van der Waals surface area contributed by atoms with Gasteiger partial charge in [-0.2, -0.15) is 0 Å². The van der Waals surface area contributed by atoms with Gasteiger partial charge in [0.15, 0.2) is 11.5 Å². The Morgan fingerprint density at radius 3 is 1.96 bits per heavy atom. The quantitative estimate of drug-likeness (QED) is 0.621. The van der Waals surface area contributed by atoms with Crippen LogP contribution in [0, 0.1) is 0 Å². The average molecular weight is 381 g/mol. The van der Waals surface area contributed by atoms with E-state index in [2.05, 4.69) is 5.32 Å². The molecule has 2 rings (SSSR count). The van der Waals surface area contributed by atoms with Gasteiger partial charge in [0.2, 0.25) is 15.8 Å². The van der Waals surface area contributed by atoms with Crippen molar-refractivity contribution in [2.75, 3.05) is 27.9 Å². The normalized spacial score (nSPS) is 11.2. The van der Waals surface area contributed by atoms with Crippen LogP contribution in [0.3, 0.4) is 0 Å². The van der Waals surface area contributed by atoms with E-state index in [-0.39, 0.29) is 4.90 Å². The van der Waals surface area contributed by atoms with Crippen LogP contribution in [0.4, 0.5) is 0 Å². The zero-order valence-corrected chi connectivity index (χ0v) is 16.0. The maximum Gasteiger partial charge on any atom is 0.238 e. The molecule has 0 saturated carbocycles. The number of benzene rings is 2. The van der Waals surface area contributed by atoms with E-state index >= 15 is 0 Å². The van der Waals surface area contributed by atoms with Crippen LogP contribution in [0.1, 0.15) is 11.1 Å². The lowest BCUT2D eigenvalue weighted by atomic mass is 10.1. The highest BCUT2D eigenvalue weighted by Crippen LogP contribution is 2.37. The molecule has 0 unspecified atom stereocenters. The standard InChI is InChI=1S/C18H24N2O5S/c1-23-16-10-14(11-17(24-2)18(16)25-3)12-20-9-8-13-4-6-15(7-5-13)26(19,21)22/h4-7,10-11,20H,8-9,12H2,1-3H3,(H2,19,21,22)/p+1. The van der Waals surface area contributed by atoms with Gasteiger partial charge in [0.25, 0.3) is 0 Å². The fraction of sp³-hybridized carbons (Fsp3) is 0.333. The van der Waals surface area contributed by atoms with Crippen molar-refractivity contribution in [2.24, 2.45) is 5.14 Å². The molecule has 142 valence electrons. The maximum absolute atomic E-state index is 11.3. The highest BCUT2D eigenvalue weighted by atomic mass is 32.2. The first-order valence-electron chi connectivity index (χ1n) is 8.11. The van der Waals surface area contributed by atoms with Crippen molar-refractivity contribution in [3.8, 4) is 17.2 Å². The van der Waals surface area contributed by atoms with Crippen LogP contribution in [-0.4, -0.2) is 36.3 Å². The molecule has 8 heteroatoms. The van der Waals surface area contributed by atoms with Gasteiger partial charge in [-0.05, 0) is 29.8 Å². The lowest BCUT2D eigenvalue weighted by molar-refractivity contribution is -0.670. The molecule has 0 fully saturated rings. The Bertz CT molecular complexity index is 810. The number of sulfonamides is 1. The zero-order valence-electron chi connectivity index (χ0n) is 15.2. The van der Waals surface area contributed by atoms with E-state index < -0.39 is 10.0 Å². The molecule has 0 aliphatic heterocycles. The molecule has 7 nitrogen and oxygen atoms in total. The predicted molar refractivity (Wildman–Crippen MR) is 98.1 cm³/mol. The second kappa shape index (κ2) is 8.88. The van der Waals surface area contributed by atoms with Crippen molar-refractivity contribution in [1.82, 2.24) is 0 Å². The number of primary sulfonamides is 1. The Balaban J connectivity index is 1.94. The Kier molecular flexibility index (Phi) is 6.84. The number of hydrogen-bond acceptors (Lipinski definition) is 5. The van der Waals surface area contributed by atoms with Crippen LogP contribution in [0.5, 0.6) is 17.2 Å². The van der Waals surface area contributed by atoms with Crippen LogP contribution in [-0.2, 0) is 23.0 Å². The second-order valence-electron chi connectivity index (χ2n) is 5.75. The van der Waals surface area contributed by atoms with Crippen LogP contribution in [0.2, 0.25) is 0 Å². The van der Waals surface area contributed by atoms with Crippen molar-refractivity contribution >= 4 is 10.0 Å². The molecule has 0 atom stereocenters. The van der Waals surface area contributed by atoms with Gasteiger partial charge in [0, 0.05) is 12.0 Å². The number of quaternary nitrogens is 1. The molecule has 0 amide bonds. The highest BCUT2D eigenvalue weighted by molar-refractivity contribution is 7.89. The summed E-state index contributed by atoms with van der Waals surface area (Å²) in [7, 11) is 1.12. The lowest BCUT2D eigenvalue weighted by Crippen LogP contribution is -2.83. The molecule has 0 bridgehead atoms. The molecule has 2 aromatic carbocycles. The molecular weight excluding hydrogens is 356 g/mol. The Morgan fingerprint density at radius 2 is 1.50 bits per heavy atom. The summed E-state index contributed by atoms with van der Waals surface area (Å²) >= 11 is 0. The van der Waals surface area contributed by atoms with E-state index in [1.807, 2.05) is 12.1 Å². The van der Waals surface area contributed by atoms with Gasteiger partial charge in [-0.25, -0.2) is 13.6 Å². The number of hydrogen-bond donors (Lipinski definition) is 2. The summed E-state index contributed by atoms with van der Waals surface area (Å²) in [4.78, 5) is 0.127. The van der Waals surface area contributed by atoms with E-state index in [0.717, 1.165) is 30.6 Å². The zero-order chi connectivity index (χ0) is 19.2. The summed E-state index contributed by atoms with van der Waals surface area (Å²) in [5, 5.41) is 7.26. The molecule has 0 saturated heterocycles. The summed E-state index contributed by atoms with van der Waals surface area (Å²) in [6, 6.07) is 10.5. The van der Waals surface area contributed by atoms with Crippen molar-refractivity contribution in [3.05, 3.63) is 47.5 Å². The molecule has 0 aliphatic carbocycles. The van der Waals surface area contributed by atoms with Crippen LogP contribution in [0.15, 0.2) is 41.3 Å². The molecule has 0 spiro atoms. The van der Waals surface area contributed by atoms with E-state index in [1.54, 1.807) is 33.5 Å². The minimum Gasteiger partial charge on any atom is -0.493 e. The third kappa shape index (κ3) is 5.10. The number of nitrogens with two attached hydrogens (primary N) is 2. The van der Waals surface area contributed by atoms with Gasteiger partial charge in [-0.15, -0.1) is 0 Å². The van der Waals surface area contributed by atoms with Gasteiger partial charge in [-0.1, -0.05) is 12.1 Å². The van der Waals surface area contributed by atoms with E-state index in [1.165, 1.54) is 12.1 Å². The first-order chi connectivity index (χ1) is 12.4. The SMILES string of the molecule is COc1cc(C[NH2+]CCc2ccc(S(N)(=O)=O)cc2)cc(OC)c1OC. The fourth-order valence-corrected chi connectivity index (χ4v) is 3.15. The number of rotatable bonds is 9. The Hall–Kier alpha value is -2.29. The summed E-state index contributed by atoms with van der Waals surface area (Å²) in [6.07, 6.45) is 0.815. The fourth-order valence-electron chi connectivity index (χ4n) is 2.64. The number of methoxy groups -OCH3 is 3. The summed E-state index contributed by atoms with van der Waals surface area (Å²) in [6.45, 7) is 1.61. The van der Waals surface area contributed by atoms with Crippen LogP contribution >= 0.6 is 0 Å². The van der Waals surface area contributed by atoms with Gasteiger partial charge in [0.05, 0.1) is 32.8 Å². The molecule has 0 radical (unpaired) electrons. The molecular formula is C18H25N2O5S+. The van der Waals surface area contributed by atoms with E-state index in [0.29, 0.717) is 17.2 Å². The topological polar surface area (TPSA) is 104 Å². The monoisotopic (exact) mass is 381 g/mol. The van der Waals surface area contributed by atoms with Gasteiger partial charge in [-0.3, -0.25) is 0 Å². The van der Waals surface area contributed by atoms with Crippen molar-refractivity contribution in [1.29, 1.82) is 0 Å². The minimum atomic E-state index is -3.64. The first-order valence-corrected chi connectivity index (χ1v) is 9.66. The third-order valence-corrected chi connectivity index (χ3v) is 4.92. The minimum absolute atomic E-state index is 0.127. The third-order valence-electron chi connectivity index (χ3n) is 3.99. The maximum atomic E-state index is 11.3. The molecule has 0 heterocycles. The Morgan fingerprint density at radius 1 is 0.923 bits per heavy atom. The van der Waals surface area contributed by atoms with Crippen LogP contribution < -0.4 is 24.7 Å². The van der Waals surface area contributed by atoms with Gasteiger partial charge < -0.3 is 19.5 Å². The summed E-state index contributed by atoms with van der Waals surface area (Å²) < 4.78 is 38.5. The summed E-state index contributed by atoms with van der Waals surface area (Å²) in [5.41, 5.74) is 2.11. The average Bonchev–Trinajstić information content (AvgIpc) is 2.63. The van der Waals surface area contributed by atoms with E-state index in [4.69, 9.17) is 19.3 Å². The number of ether oxygens (including phenoxy) is 3. The lowest BCUT2D eigenvalue weighted by Gasteiger charge is -2.13. The first kappa shape index (κ1) is 20.0. The van der Waals surface area contributed by atoms with Crippen molar-refractivity contribution in [2.45, 2.75) is 17.9 Å². The van der Waals surface area contributed by atoms with Gasteiger partial charge in [0.1, 0.15) is 6.54 Å². The van der Waals surface area contributed by atoms with Crippen molar-refractivity contribution in [3.63, 3.8) is 0 Å². The van der Waals surface area contributed by atoms with E-state index in [9.17, 15) is 8.42 Å². The molecule has 26 heavy (non-hydrogen) atoms. The Labute approximate surface area is 154 Å². The molecule has 4 N–H and O–H groups in total. The molecule has 0 aromatic heterocycles. The largest absolute Gasteiger partial charge is 0.493 e. The molecule has 2 aromatic rings.